The third kappa shape index (κ3) is 7.82. The minimum atomic E-state index is -0.210. The lowest BCUT2D eigenvalue weighted by atomic mass is 10.1. The highest BCUT2D eigenvalue weighted by atomic mass is 32.1. The molecule has 0 unspecified atom stereocenters. The fourth-order valence-corrected chi connectivity index (χ4v) is 6.24. The van der Waals surface area contributed by atoms with Gasteiger partial charge in [0, 0.05) is 66.8 Å². The number of amides is 2. The molecule has 4 aromatic heterocycles. The van der Waals surface area contributed by atoms with Gasteiger partial charge in [-0.25, -0.2) is 19.7 Å². The van der Waals surface area contributed by atoms with E-state index < -0.39 is 0 Å². The Morgan fingerprint density at radius 1 is 1.00 bits per heavy atom. The molecule has 0 aliphatic rings. The van der Waals surface area contributed by atoms with E-state index in [1.807, 2.05) is 80.1 Å². The summed E-state index contributed by atoms with van der Waals surface area (Å²) in [5.41, 5.74) is 4.75. The Balaban J connectivity index is 1.16. The number of benzene rings is 2. The highest BCUT2D eigenvalue weighted by Gasteiger charge is 2.19. The van der Waals surface area contributed by atoms with Crippen LogP contribution in [0.4, 0.5) is 16.6 Å². The second kappa shape index (κ2) is 15.3. The number of carbonyl (C=O) groups is 1. The van der Waals surface area contributed by atoms with Gasteiger partial charge in [-0.3, -0.25) is 9.58 Å². The van der Waals surface area contributed by atoms with Crippen LogP contribution < -0.4 is 15.5 Å². The Hall–Kier alpha value is -5.67. The van der Waals surface area contributed by atoms with Gasteiger partial charge >= 0.3 is 6.03 Å². The minimum absolute atomic E-state index is 0.0647. The molecule has 2 amide bonds. The van der Waals surface area contributed by atoms with Gasteiger partial charge in [0.25, 0.3) is 0 Å². The predicted molar refractivity (Wildman–Crippen MR) is 189 cm³/mol. The SMILES string of the molecule is CCC[C@@H](CCCN(C(=O)NCc1ccccc1)c1ccc(-c2cnn(C)c2)cn1)Nc1ncc(C#N)c(-c2ccc3cnsc3c2)n1. The van der Waals surface area contributed by atoms with Crippen molar-refractivity contribution in [2.24, 2.45) is 7.05 Å². The number of carbonyl (C=O) groups excluding carboxylic acids is 1. The molecular formula is C36H36N10OS. The normalized spacial score (nSPS) is 11.6. The summed E-state index contributed by atoms with van der Waals surface area (Å²) in [6.07, 6.45) is 12.2. The molecule has 0 saturated carbocycles. The maximum atomic E-state index is 13.6. The summed E-state index contributed by atoms with van der Waals surface area (Å²) in [4.78, 5) is 29.2. The van der Waals surface area contributed by atoms with E-state index in [1.165, 1.54) is 11.5 Å². The van der Waals surface area contributed by atoms with E-state index in [-0.39, 0.29) is 12.1 Å². The predicted octanol–water partition coefficient (Wildman–Crippen LogP) is 7.20. The average Bonchev–Trinajstić information content (AvgIpc) is 3.78. The van der Waals surface area contributed by atoms with Crippen LogP contribution in [0.2, 0.25) is 0 Å². The average molecular weight is 657 g/mol. The van der Waals surface area contributed by atoms with Crippen LogP contribution in [0.5, 0.6) is 0 Å². The first kappa shape index (κ1) is 32.3. The van der Waals surface area contributed by atoms with Gasteiger partial charge in [-0.15, -0.1) is 0 Å². The smallest absolute Gasteiger partial charge is 0.323 e. The van der Waals surface area contributed by atoms with Crippen LogP contribution >= 0.6 is 11.5 Å². The van der Waals surface area contributed by atoms with Gasteiger partial charge < -0.3 is 10.6 Å². The molecule has 0 fully saturated rings. The first-order valence-electron chi connectivity index (χ1n) is 15.9. The van der Waals surface area contributed by atoms with Gasteiger partial charge in [-0.2, -0.15) is 14.7 Å². The third-order valence-corrected chi connectivity index (χ3v) is 8.80. The summed E-state index contributed by atoms with van der Waals surface area (Å²) in [6.45, 7) is 3.02. The lowest BCUT2D eigenvalue weighted by Gasteiger charge is -2.24. The molecule has 6 aromatic rings. The van der Waals surface area contributed by atoms with Crippen LogP contribution in [0.3, 0.4) is 0 Å². The second-order valence-corrected chi connectivity index (χ2v) is 12.4. The standard InChI is InChI=1S/C36H36N10OS/c1-3-8-31(43-35-39-21-29(18-37)34(44-35)26-12-13-28-23-42-48-32(28)17-26)11-7-16-46(36(47)40-19-25-9-5-4-6-10-25)33-15-14-27(20-38-33)30-22-41-45(2)24-30/h4-6,9-10,12-15,17,20-24,31H,3,7-8,11,16,19H2,1-2H3,(H,40,47)(H,39,43,44)/t31-/m0/s1. The molecule has 2 aromatic carbocycles. The molecule has 4 heterocycles. The van der Waals surface area contributed by atoms with Crippen LogP contribution in [0.25, 0.3) is 32.5 Å². The van der Waals surface area contributed by atoms with Gasteiger partial charge in [0.05, 0.1) is 28.4 Å². The first-order chi connectivity index (χ1) is 23.5. The lowest BCUT2D eigenvalue weighted by Crippen LogP contribution is -2.41. The van der Waals surface area contributed by atoms with Crippen molar-refractivity contribution in [3.05, 3.63) is 103 Å². The lowest BCUT2D eigenvalue weighted by molar-refractivity contribution is 0.245. The number of fused-ring (bicyclic) bond motifs is 1. The Bertz CT molecular complexity index is 2020. The van der Waals surface area contributed by atoms with Crippen molar-refractivity contribution in [3.63, 3.8) is 0 Å². The van der Waals surface area contributed by atoms with E-state index in [0.717, 1.165) is 51.6 Å². The number of aryl methyl sites for hydroxylation is 1. The van der Waals surface area contributed by atoms with Crippen LogP contribution in [0, 0.1) is 11.3 Å². The highest BCUT2D eigenvalue weighted by Crippen LogP contribution is 2.28. The van der Waals surface area contributed by atoms with Crippen molar-refractivity contribution in [2.45, 2.75) is 45.2 Å². The molecule has 0 spiro atoms. The number of hydrogen-bond donors (Lipinski definition) is 2. The van der Waals surface area contributed by atoms with Gasteiger partial charge in [0.2, 0.25) is 5.95 Å². The Morgan fingerprint density at radius 3 is 2.60 bits per heavy atom. The van der Waals surface area contributed by atoms with Crippen molar-refractivity contribution < 1.29 is 4.79 Å². The summed E-state index contributed by atoms with van der Waals surface area (Å²) in [5.74, 6) is 1.04. The zero-order valence-electron chi connectivity index (χ0n) is 26.9. The largest absolute Gasteiger partial charge is 0.351 e. The number of urea groups is 1. The molecule has 2 N–H and O–H groups in total. The summed E-state index contributed by atoms with van der Waals surface area (Å²) in [7, 11) is 1.88. The van der Waals surface area contributed by atoms with E-state index in [4.69, 9.17) is 4.98 Å². The summed E-state index contributed by atoms with van der Waals surface area (Å²) in [5, 5.41) is 21.7. The number of nitrogens with zero attached hydrogens (tertiary/aromatic N) is 8. The summed E-state index contributed by atoms with van der Waals surface area (Å²) >= 11 is 1.41. The first-order valence-corrected chi connectivity index (χ1v) is 16.7. The second-order valence-electron chi connectivity index (χ2n) is 11.5. The zero-order chi connectivity index (χ0) is 33.3. The molecule has 0 aliphatic heterocycles. The number of hydrogen-bond acceptors (Lipinski definition) is 9. The van der Waals surface area contributed by atoms with E-state index in [0.29, 0.717) is 42.5 Å². The van der Waals surface area contributed by atoms with Gasteiger partial charge in [-0.05, 0) is 54.6 Å². The van der Waals surface area contributed by atoms with E-state index in [9.17, 15) is 10.1 Å². The summed E-state index contributed by atoms with van der Waals surface area (Å²) in [6, 6.07) is 21.7. The molecule has 0 bridgehead atoms. The van der Waals surface area contributed by atoms with Crippen LogP contribution in [0.1, 0.15) is 43.7 Å². The molecule has 6 rings (SSSR count). The Morgan fingerprint density at radius 2 is 1.85 bits per heavy atom. The maximum absolute atomic E-state index is 13.6. The topological polar surface area (TPSA) is 138 Å². The molecule has 0 aliphatic carbocycles. The van der Waals surface area contributed by atoms with Crippen molar-refractivity contribution in [1.29, 1.82) is 5.26 Å². The number of rotatable bonds is 13. The van der Waals surface area contributed by atoms with Gasteiger partial charge in [0.1, 0.15) is 11.9 Å². The van der Waals surface area contributed by atoms with Crippen molar-refractivity contribution in [1.82, 2.24) is 34.4 Å². The molecule has 0 radical (unpaired) electrons. The van der Waals surface area contributed by atoms with Crippen molar-refractivity contribution in [3.8, 4) is 28.5 Å². The number of nitriles is 1. The minimum Gasteiger partial charge on any atom is -0.351 e. The molecule has 1 atom stereocenters. The monoisotopic (exact) mass is 656 g/mol. The number of nitrogens with one attached hydrogen (secondary N) is 2. The molecule has 12 heteroatoms. The number of anilines is 2. The van der Waals surface area contributed by atoms with Gasteiger partial charge in [-0.1, -0.05) is 55.8 Å². The van der Waals surface area contributed by atoms with Gasteiger partial charge in [0.15, 0.2) is 0 Å². The molecule has 242 valence electrons. The molecule has 11 nitrogen and oxygen atoms in total. The fraction of sp³-hybridized carbons (Fsp3) is 0.250. The van der Waals surface area contributed by atoms with E-state index in [2.05, 4.69) is 43.1 Å². The van der Waals surface area contributed by atoms with Crippen molar-refractivity contribution in [2.75, 3.05) is 16.8 Å². The number of pyridine rings is 1. The van der Waals surface area contributed by atoms with E-state index >= 15 is 0 Å². The fourth-order valence-electron chi connectivity index (χ4n) is 5.55. The van der Waals surface area contributed by atoms with Crippen molar-refractivity contribution >= 4 is 39.4 Å². The number of aromatic nitrogens is 6. The molecular weight excluding hydrogens is 621 g/mol. The highest BCUT2D eigenvalue weighted by molar-refractivity contribution is 7.13. The Kier molecular flexibility index (Phi) is 10.3. The third-order valence-electron chi connectivity index (χ3n) is 8.04. The molecule has 0 saturated heterocycles. The van der Waals surface area contributed by atoms with Crippen LogP contribution in [0.15, 0.2) is 91.6 Å². The van der Waals surface area contributed by atoms with Crippen LogP contribution in [-0.2, 0) is 13.6 Å². The quantitative estimate of drug-likeness (QED) is 0.133. The zero-order valence-corrected chi connectivity index (χ0v) is 27.7. The molecule has 48 heavy (non-hydrogen) atoms. The summed E-state index contributed by atoms with van der Waals surface area (Å²) < 4.78 is 7.05. The van der Waals surface area contributed by atoms with E-state index in [1.54, 1.807) is 28.2 Å². The van der Waals surface area contributed by atoms with Crippen LogP contribution in [-0.4, -0.2) is 47.7 Å². The maximum Gasteiger partial charge on any atom is 0.323 e. The Labute approximate surface area is 283 Å².